The predicted molar refractivity (Wildman–Crippen MR) is 112 cm³/mol. The first-order valence-corrected chi connectivity index (χ1v) is 10.5. The molecule has 1 aromatic carbocycles. The van der Waals surface area contributed by atoms with Crippen LogP contribution in [0.3, 0.4) is 0 Å². The first kappa shape index (κ1) is 22.6. The lowest BCUT2D eigenvalue weighted by atomic mass is 10.1. The van der Waals surface area contributed by atoms with Crippen LogP contribution in [-0.2, 0) is 9.53 Å². The van der Waals surface area contributed by atoms with Crippen molar-refractivity contribution in [3.05, 3.63) is 27.6 Å². The van der Waals surface area contributed by atoms with Crippen molar-refractivity contribution in [2.75, 3.05) is 26.9 Å². The minimum atomic E-state index is -0.305. The fourth-order valence-corrected chi connectivity index (χ4v) is 3.67. The molecule has 0 N–H and O–H groups in total. The summed E-state index contributed by atoms with van der Waals surface area (Å²) in [5.41, 5.74) is 0.673. The third kappa shape index (κ3) is 5.65. The minimum Gasteiger partial charge on any atom is -0.490 e. The van der Waals surface area contributed by atoms with Gasteiger partial charge in [-0.2, -0.15) is 0 Å². The second-order valence-corrected chi connectivity index (χ2v) is 7.68. The Kier molecular flexibility index (Phi) is 8.66. The standard InChI is InChI=1S/C20H26ClNO5S/c1-5-13(3)27-18-15(21)10-14(11-16(18)26-6-2)12-17-19(23)22(20(24)28-17)8-7-9-25-4/h10-13H,5-9H2,1-4H3/b17-12+/t13-/m1/s1. The molecule has 1 aromatic rings. The number of methoxy groups -OCH3 is 1. The number of imide groups is 1. The van der Waals surface area contributed by atoms with Gasteiger partial charge in [-0.3, -0.25) is 14.5 Å². The van der Waals surface area contributed by atoms with Crippen molar-refractivity contribution in [1.82, 2.24) is 4.90 Å². The first-order chi connectivity index (χ1) is 13.4. The van der Waals surface area contributed by atoms with Crippen molar-refractivity contribution in [2.45, 2.75) is 39.7 Å². The highest BCUT2D eigenvalue weighted by atomic mass is 35.5. The molecule has 28 heavy (non-hydrogen) atoms. The van der Waals surface area contributed by atoms with Gasteiger partial charge < -0.3 is 14.2 Å². The van der Waals surface area contributed by atoms with E-state index in [-0.39, 0.29) is 17.3 Å². The quantitative estimate of drug-likeness (QED) is 0.387. The van der Waals surface area contributed by atoms with E-state index in [9.17, 15) is 9.59 Å². The van der Waals surface area contributed by atoms with E-state index >= 15 is 0 Å². The molecule has 8 heteroatoms. The van der Waals surface area contributed by atoms with Gasteiger partial charge >= 0.3 is 0 Å². The molecule has 0 aromatic heterocycles. The molecule has 1 heterocycles. The van der Waals surface area contributed by atoms with Gasteiger partial charge in [-0.25, -0.2) is 0 Å². The van der Waals surface area contributed by atoms with Crippen molar-refractivity contribution in [3.63, 3.8) is 0 Å². The molecule has 0 bridgehead atoms. The Morgan fingerprint density at radius 1 is 1.29 bits per heavy atom. The zero-order chi connectivity index (χ0) is 20.7. The van der Waals surface area contributed by atoms with E-state index < -0.39 is 0 Å². The van der Waals surface area contributed by atoms with Crippen molar-refractivity contribution < 1.29 is 23.8 Å². The summed E-state index contributed by atoms with van der Waals surface area (Å²) in [5, 5.41) is 0.122. The van der Waals surface area contributed by atoms with E-state index in [0.29, 0.717) is 53.2 Å². The molecular weight excluding hydrogens is 402 g/mol. The van der Waals surface area contributed by atoms with Crippen molar-refractivity contribution in [2.24, 2.45) is 0 Å². The monoisotopic (exact) mass is 427 g/mol. The van der Waals surface area contributed by atoms with Crippen molar-refractivity contribution in [3.8, 4) is 11.5 Å². The maximum absolute atomic E-state index is 12.5. The highest BCUT2D eigenvalue weighted by molar-refractivity contribution is 8.18. The zero-order valence-corrected chi connectivity index (χ0v) is 18.2. The van der Waals surface area contributed by atoms with Gasteiger partial charge in [0.25, 0.3) is 11.1 Å². The van der Waals surface area contributed by atoms with Gasteiger partial charge in [0, 0.05) is 20.3 Å². The van der Waals surface area contributed by atoms with Gasteiger partial charge in [0.15, 0.2) is 11.5 Å². The van der Waals surface area contributed by atoms with E-state index in [4.69, 9.17) is 25.8 Å². The molecule has 154 valence electrons. The highest BCUT2D eigenvalue weighted by Gasteiger charge is 2.34. The zero-order valence-electron chi connectivity index (χ0n) is 16.6. The molecule has 6 nitrogen and oxygen atoms in total. The molecule has 0 aliphatic carbocycles. The molecule has 0 radical (unpaired) electrons. The second-order valence-electron chi connectivity index (χ2n) is 6.28. The molecular formula is C20H26ClNO5S. The number of rotatable bonds is 10. The molecule has 1 atom stereocenters. The molecule has 2 rings (SSSR count). The van der Waals surface area contributed by atoms with Gasteiger partial charge in [0.2, 0.25) is 0 Å². The summed E-state index contributed by atoms with van der Waals surface area (Å²) in [6.45, 7) is 7.13. The van der Waals surface area contributed by atoms with Crippen LogP contribution in [-0.4, -0.2) is 49.0 Å². The number of carbonyl (C=O) groups excluding carboxylic acids is 2. The Bertz CT molecular complexity index is 752. The van der Waals surface area contributed by atoms with Crippen LogP contribution in [0.5, 0.6) is 11.5 Å². The van der Waals surface area contributed by atoms with Crippen LogP contribution in [0.1, 0.15) is 39.2 Å². The molecule has 0 spiro atoms. The van der Waals surface area contributed by atoms with Gasteiger partial charge in [0.05, 0.1) is 22.6 Å². The van der Waals surface area contributed by atoms with Gasteiger partial charge in [-0.1, -0.05) is 18.5 Å². The highest BCUT2D eigenvalue weighted by Crippen LogP contribution is 2.39. The molecule has 0 saturated carbocycles. The normalized spacial score (nSPS) is 16.8. The van der Waals surface area contributed by atoms with Crippen LogP contribution < -0.4 is 9.47 Å². The number of hydrogen-bond donors (Lipinski definition) is 0. The van der Waals surface area contributed by atoms with Gasteiger partial charge in [-0.15, -0.1) is 0 Å². The van der Waals surface area contributed by atoms with Gasteiger partial charge in [-0.05, 0) is 62.2 Å². The van der Waals surface area contributed by atoms with E-state index in [2.05, 4.69) is 0 Å². The number of hydrogen-bond acceptors (Lipinski definition) is 6. The molecule has 2 amide bonds. The van der Waals surface area contributed by atoms with Crippen LogP contribution in [0.4, 0.5) is 4.79 Å². The van der Waals surface area contributed by atoms with Crippen molar-refractivity contribution >= 4 is 40.6 Å². The van der Waals surface area contributed by atoms with E-state index in [1.807, 2.05) is 20.8 Å². The van der Waals surface area contributed by atoms with E-state index in [1.165, 1.54) is 4.90 Å². The maximum Gasteiger partial charge on any atom is 0.293 e. The molecule has 1 fully saturated rings. The van der Waals surface area contributed by atoms with Crippen molar-refractivity contribution in [1.29, 1.82) is 0 Å². The Morgan fingerprint density at radius 2 is 2.04 bits per heavy atom. The minimum absolute atomic E-state index is 0.00819. The summed E-state index contributed by atoms with van der Waals surface area (Å²) >= 11 is 7.34. The number of carbonyl (C=O) groups is 2. The Labute approximate surface area is 175 Å². The fraction of sp³-hybridized carbons (Fsp3) is 0.500. The summed E-state index contributed by atoms with van der Waals surface area (Å²) in [5.74, 6) is 0.698. The summed E-state index contributed by atoms with van der Waals surface area (Å²) in [7, 11) is 1.59. The number of halogens is 1. The number of thioether (sulfide) groups is 1. The average molecular weight is 428 g/mol. The summed E-state index contributed by atoms with van der Waals surface area (Å²) in [6, 6.07) is 3.48. The number of ether oxygens (including phenoxy) is 3. The van der Waals surface area contributed by atoms with E-state index in [0.717, 1.165) is 18.2 Å². The van der Waals surface area contributed by atoms with Crippen LogP contribution in [0.15, 0.2) is 17.0 Å². The molecule has 1 aliphatic heterocycles. The topological polar surface area (TPSA) is 65.1 Å². The third-order valence-corrected chi connectivity index (χ3v) is 5.32. The smallest absolute Gasteiger partial charge is 0.293 e. The summed E-state index contributed by atoms with van der Waals surface area (Å²) in [6.07, 6.45) is 3.08. The van der Waals surface area contributed by atoms with E-state index in [1.54, 1.807) is 25.3 Å². The Hall–Kier alpha value is -1.70. The SMILES string of the molecule is CCOc1cc(/C=C2/SC(=O)N(CCCOC)C2=O)cc(Cl)c1O[C@H](C)CC. The summed E-state index contributed by atoms with van der Waals surface area (Å²) < 4.78 is 16.5. The number of benzene rings is 1. The molecule has 1 saturated heterocycles. The Morgan fingerprint density at radius 3 is 2.68 bits per heavy atom. The molecule has 0 unspecified atom stereocenters. The average Bonchev–Trinajstić information content (AvgIpc) is 2.92. The Balaban J connectivity index is 2.27. The lowest BCUT2D eigenvalue weighted by Crippen LogP contribution is -2.29. The fourth-order valence-electron chi connectivity index (χ4n) is 2.54. The van der Waals surface area contributed by atoms with Crippen LogP contribution in [0.25, 0.3) is 6.08 Å². The van der Waals surface area contributed by atoms with Crippen LogP contribution >= 0.6 is 23.4 Å². The lowest BCUT2D eigenvalue weighted by Gasteiger charge is -2.18. The second kappa shape index (κ2) is 10.7. The number of amides is 2. The largest absolute Gasteiger partial charge is 0.490 e. The predicted octanol–water partition coefficient (Wildman–Crippen LogP) is 4.99. The number of nitrogens with zero attached hydrogens (tertiary/aromatic N) is 1. The summed E-state index contributed by atoms with van der Waals surface area (Å²) in [4.78, 5) is 26.3. The first-order valence-electron chi connectivity index (χ1n) is 9.28. The van der Waals surface area contributed by atoms with Crippen LogP contribution in [0.2, 0.25) is 5.02 Å². The molecule has 1 aliphatic rings. The van der Waals surface area contributed by atoms with Crippen LogP contribution in [0, 0.1) is 0 Å². The van der Waals surface area contributed by atoms with Gasteiger partial charge in [0.1, 0.15) is 0 Å². The lowest BCUT2D eigenvalue weighted by molar-refractivity contribution is -0.122. The third-order valence-electron chi connectivity index (χ3n) is 4.13. The maximum atomic E-state index is 12.5.